The van der Waals surface area contributed by atoms with Gasteiger partial charge >= 0.3 is 0 Å². The van der Waals surface area contributed by atoms with Crippen molar-refractivity contribution < 1.29 is 4.74 Å². The van der Waals surface area contributed by atoms with Crippen molar-refractivity contribution in [2.75, 3.05) is 46.4 Å². The Morgan fingerprint density at radius 2 is 1.90 bits per heavy atom. The van der Waals surface area contributed by atoms with Crippen molar-refractivity contribution in [3.63, 3.8) is 0 Å². The molecular weight excluding hydrogens is 367 g/mol. The third-order valence-electron chi connectivity index (χ3n) is 2.94. The molecule has 0 aromatic carbocycles. The first-order valence-corrected chi connectivity index (χ1v) is 7.43. The van der Waals surface area contributed by atoms with Gasteiger partial charge in [-0.3, -0.25) is 4.99 Å². The SMILES string of the molecule is CCNC(=NCCCN(CC)CC)NC(C)COC.I. The van der Waals surface area contributed by atoms with Gasteiger partial charge in [0.15, 0.2) is 5.96 Å². The predicted octanol–water partition coefficient (Wildman–Crippen LogP) is 1.93. The second-order valence-electron chi connectivity index (χ2n) is 4.64. The smallest absolute Gasteiger partial charge is 0.191 e. The van der Waals surface area contributed by atoms with Crippen molar-refractivity contribution in [1.82, 2.24) is 15.5 Å². The molecule has 2 N–H and O–H groups in total. The van der Waals surface area contributed by atoms with E-state index in [4.69, 9.17) is 4.74 Å². The van der Waals surface area contributed by atoms with Gasteiger partial charge in [-0.1, -0.05) is 13.8 Å². The molecule has 0 aromatic rings. The number of halogens is 1. The fourth-order valence-electron chi connectivity index (χ4n) is 1.87. The number of rotatable bonds is 10. The average Bonchev–Trinajstić information content (AvgIpc) is 2.39. The number of ether oxygens (including phenoxy) is 1. The lowest BCUT2D eigenvalue weighted by molar-refractivity contribution is 0.179. The first-order valence-electron chi connectivity index (χ1n) is 7.43. The summed E-state index contributed by atoms with van der Waals surface area (Å²) >= 11 is 0. The molecule has 5 nitrogen and oxygen atoms in total. The Balaban J connectivity index is 0. The van der Waals surface area contributed by atoms with Crippen LogP contribution >= 0.6 is 24.0 Å². The molecule has 0 rings (SSSR count). The normalized spacial score (nSPS) is 13.0. The van der Waals surface area contributed by atoms with E-state index < -0.39 is 0 Å². The van der Waals surface area contributed by atoms with E-state index in [1.54, 1.807) is 7.11 Å². The summed E-state index contributed by atoms with van der Waals surface area (Å²) < 4.78 is 5.12. The van der Waals surface area contributed by atoms with Crippen LogP contribution in [0, 0.1) is 0 Å². The third kappa shape index (κ3) is 11.7. The van der Waals surface area contributed by atoms with Crippen LogP contribution in [-0.2, 0) is 4.74 Å². The molecule has 0 amide bonds. The molecule has 0 radical (unpaired) electrons. The maximum absolute atomic E-state index is 5.12. The molecule has 0 saturated carbocycles. The van der Waals surface area contributed by atoms with Crippen molar-refractivity contribution in [3.8, 4) is 0 Å². The van der Waals surface area contributed by atoms with Gasteiger partial charge in [-0.15, -0.1) is 24.0 Å². The molecule has 122 valence electrons. The highest BCUT2D eigenvalue weighted by molar-refractivity contribution is 14.0. The Labute approximate surface area is 141 Å². The van der Waals surface area contributed by atoms with Crippen LogP contribution in [-0.4, -0.2) is 63.3 Å². The van der Waals surface area contributed by atoms with Crippen LogP contribution in [0.15, 0.2) is 4.99 Å². The zero-order valence-electron chi connectivity index (χ0n) is 13.7. The molecule has 0 aliphatic carbocycles. The van der Waals surface area contributed by atoms with Crippen LogP contribution in [0.4, 0.5) is 0 Å². The van der Waals surface area contributed by atoms with Gasteiger partial charge in [0.1, 0.15) is 0 Å². The topological polar surface area (TPSA) is 48.9 Å². The lowest BCUT2D eigenvalue weighted by Gasteiger charge is -2.18. The van der Waals surface area contributed by atoms with Gasteiger partial charge in [0, 0.05) is 26.2 Å². The van der Waals surface area contributed by atoms with E-state index in [9.17, 15) is 0 Å². The first-order chi connectivity index (χ1) is 9.17. The second-order valence-corrected chi connectivity index (χ2v) is 4.64. The molecule has 0 bridgehead atoms. The molecule has 20 heavy (non-hydrogen) atoms. The Hall–Kier alpha value is -0.0800. The molecule has 0 aliphatic rings. The molecule has 0 heterocycles. The summed E-state index contributed by atoms with van der Waals surface area (Å²) in [5, 5.41) is 6.59. The van der Waals surface area contributed by atoms with Crippen molar-refractivity contribution in [2.45, 2.75) is 40.2 Å². The van der Waals surface area contributed by atoms with E-state index in [0.717, 1.165) is 45.1 Å². The quantitative estimate of drug-likeness (QED) is 0.255. The van der Waals surface area contributed by atoms with Crippen molar-refractivity contribution in [2.24, 2.45) is 4.99 Å². The molecule has 0 aliphatic heterocycles. The highest BCUT2D eigenvalue weighted by Crippen LogP contribution is 1.91. The number of hydrogen-bond donors (Lipinski definition) is 2. The van der Waals surface area contributed by atoms with Crippen LogP contribution < -0.4 is 10.6 Å². The van der Waals surface area contributed by atoms with Gasteiger partial charge in [0.2, 0.25) is 0 Å². The molecule has 1 unspecified atom stereocenters. The maximum atomic E-state index is 5.12. The minimum absolute atomic E-state index is 0. The van der Waals surface area contributed by atoms with E-state index in [1.165, 1.54) is 0 Å². The Morgan fingerprint density at radius 3 is 2.40 bits per heavy atom. The molecule has 6 heteroatoms. The highest BCUT2D eigenvalue weighted by atomic mass is 127. The number of nitrogens with zero attached hydrogens (tertiary/aromatic N) is 2. The van der Waals surface area contributed by atoms with Crippen molar-refractivity contribution in [3.05, 3.63) is 0 Å². The van der Waals surface area contributed by atoms with Gasteiger partial charge in [0.05, 0.1) is 6.61 Å². The highest BCUT2D eigenvalue weighted by Gasteiger charge is 2.04. The van der Waals surface area contributed by atoms with Gasteiger partial charge in [-0.25, -0.2) is 0 Å². The number of methoxy groups -OCH3 is 1. The zero-order chi connectivity index (χ0) is 14.5. The van der Waals surface area contributed by atoms with E-state index in [0.29, 0.717) is 6.61 Å². The van der Waals surface area contributed by atoms with Gasteiger partial charge in [0.25, 0.3) is 0 Å². The van der Waals surface area contributed by atoms with Gasteiger partial charge < -0.3 is 20.3 Å². The lowest BCUT2D eigenvalue weighted by atomic mass is 10.3. The summed E-state index contributed by atoms with van der Waals surface area (Å²) in [5.74, 6) is 0.881. The largest absolute Gasteiger partial charge is 0.383 e. The molecule has 0 spiro atoms. The van der Waals surface area contributed by atoms with E-state index in [1.807, 2.05) is 0 Å². The predicted molar refractivity (Wildman–Crippen MR) is 98.3 cm³/mol. The fourth-order valence-corrected chi connectivity index (χ4v) is 1.87. The summed E-state index contributed by atoms with van der Waals surface area (Å²) in [5.41, 5.74) is 0. The fraction of sp³-hybridized carbons (Fsp3) is 0.929. The van der Waals surface area contributed by atoms with Crippen LogP contribution in [0.25, 0.3) is 0 Å². The Bertz CT molecular complexity index is 235. The Kier molecular flexibility index (Phi) is 17.0. The van der Waals surface area contributed by atoms with Gasteiger partial charge in [-0.05, 0) is 39.9 Å². The number of guanidine groups is 1. The monoisotopic (exact) mass is 400 g/mol. The second kappa shape index (κ2) is 15.3. The number of aliphatic imine (C=N–C) groups is 1. The molecule has 0 saturated heterocycles. The first kappa shape index (κ1) is 22.2. The van der Waals surface area contributed by atoms with Crippen molar-refractivity contribution in [1.29, 1.82) is 0 Å². The Morgan fingerprint density at radius 1 is 1.25 bits per heavy atom. The number of nitrogens with one attached hydrogen (secondary N) is 2. The van der Waals surface area contributed by atoms with Crippen LogP contribution in [0.1, 0.15) is 34.1 Å². The molecule has 0 fully saturated rings. The number of hydrogen-bond acceptors (Lipinski definition) is 3. The van der Waals surface area contributed by atoms with E-state index >= 15 is 0 Å². The maximum Gasteiger partial charge on any atom is 0.191 e. The summed E-state index contributed by atoms with van der Waals surface area (Å²) in [4.78, 5) is 7.01. The summed E-state index contributed by atoms with van der Waals surface area (Å²) in [7, 11) is 1.71. The van der Waals surface area contributed by atoms with Crippen molar-refractivity contribution >= 4 is 29.9 Å². The molecule has 0 aromatic heterocycles. The van der Waals surface area contributed by atoms with E-state index in [-0.39, 0.29) is 30.0 Å². The zero-order valence-corrected chi connectivity index (χ0v) is 16.1. The summed E-state index contributed by atoms with van der Waals surface area (Å²) in [6, 6.07) is 0.269. The van der Waals surface area contributed by atoms with Crippen LogP contribution in [0.5, 0.6) is 0 Å². The van der Waals surface area contributed by atoms with Gasteiger partial charge in [-0.2, -0.15) is 0 Å². The van der Waals surface area contributed by atoms with Crippen LogP contribution in [0.3, 0.4) is 0 Å². The minimum Gasteiger partial charge on any atom is -0.383 e. The lowest BCUT2D eigenvalue weighted by Crippen LogP contribution is -2.44. The minimum atomic E-state index is 0. The molecular formula is C14H33IN4O. The van der Waals surface area contributed by atoms with Crippen LogP contribution in [0.2, 0.25) is 0 Å². The molecule has 1 atom stereocenters. The average molecular weight is 400 g/mol. The summed E-state index contributed by atoms with van der Waals surface area (Å²) in [6.45, 7) is 14.3. The van der Waals surface area contributed by atoms with E-state index in [2.05, 4.69) is 48.2 Å². The standard InChI is InChI=1S/C14H32N4O.HI/c1-6-15-14(17-13(4)12-19-5)16-10-9-11-18(7-2)8-3;/h13H,6-12H2,1-5H3,(H2,15,16,17);1H. The third-order valence-corrected chi connectivity index (χ3v) is 2.94. The summed E-state index contributed by atoms with van der Waals surface area (Å²) in [6.07, 6.45) is 1.09.